The third kappa shape index (κ3) is 3.42. The Balaban J connectivity index is 1.97. The summed E-state index contributed by atoms with van der Waals surface area (Å²) in [4.78, 5) is 19.5. The maximum Gasteiger partial charge on any atom is 0.216 e. The number of aromatic nitrogens is 2. The van der Waals surface area contributed by atoms with Crippen LogP contribution in [0.3, 0.4) is 0 Å². The Morgan fingerprint density at radius 2 is 2.06 bits per heavy atom. The zero-order valence-electron chi connectivity index (χ0n) is 10.8. The van der Waals surface area contributed by atoms with Gasteiger partial charge in [-0.1, -0.05) is 6.42 Å². The summed E-state index contributed by atoms with van der Waals surface area (Å²) in [5, 5.41) is 6.05. The number of hydrogen-bond donors (Lipinski definition) is 2. The average Bonchev–Trinajstić information content (AvgIpc) is 2.60. The van der Waals surface area contributed by atoms with E-state index in [-0.39, 0.29) is 5.91 Å². The predicted octanol–water partition coefficient (Wildman–Crippen LogP) is 1.29. The fourth-order valence-electron chi connectivity index (χ4n) is 2.27. The minimum absolute atomic E-state index is 0.00156. The first-order chi connectivity index (χ1) is 8.77. The second kappa shape index (κ2) is 6.33. The largest absolute Gasteiger partial charge is 0.368 e. The maximum absolute atomic E-state index is 10.8. The van der Waals surface area contributed by atoms with Crippen molar-refractivity contribution in [2.24, 2.45) is 0 Å². The van der Waals surface area contributed by atoms with Crippen molar-refractivity contribution in [2.45, 2.75) is 39.0 Å². The van der Waals surface area contributed by atoms with E-state index in [0.29, 0.717) is 13.1 Å². The van der Waals surface area contributed by atoms with Crippen molar-refractivity contribution in [1.29, 1.82) is 0 Å². The molecule has 0 atom stereocenters. The van der Waals surface area contributed by atoms with E-state index < -0.39 is 0 Å². The Morgan fingerprint density at radius 1 is 1.22 bits per heavy atom. The smallest absolute Gasteiger partial charge is 0.216 e. The summed E-state index contributed by atoms with van der Waals surface area (Å²) in [6, 6.07) is 0. The maximum atomic E-state index is 10.8. The fourth-order valence-corrected chi connectivity index (χ4v) is 2.27. The van der Waals surface area contributed by atoms with Crippen LogP contribution in [0.25, 0.3) is 0 Å². The number of nitrogens with one attached hydrogen (secondary N) is 2. The second-order valence-electron chi connectivity index (χ2n) is 4.62. The Kier molecular flexibility index (Phi) is 4.50. The number of anilines is 1. The summed E-state index contributed by atoms with van der Waals surface area (Å²) in [7, 11) is 0. The summed E-state index contributed by atoms with van der Waals surface area (Å²) in [6.07, 6.45) is 7.43. The molecule has 0 spiro atoms. The molecular formula is C13H20N4O. The standard InChI is InChI=1S/C13H20N4O/c1-10(18)14-7-8-15-13-11-5-3-2-4-6-12(11)16-9-17-13/h9H,2-8H2,1H3,(H,14,18)(H,15,16,17). The lowest BCUT2D eigenvalue weighted by Crippen LogP contribution is -2.26. The van der Waals surface area contributed by atoms with Gasteiger partial charge >= 0.3 is 0 Å². The molecule has 0 aliphatic heterocycles. The highest BCUT2D eigenvalue weighted by atomic mass is 16.1. The van der Waals surface area contributed by atoms with E-state index in [9.17, 15) is 4.79 Å². The van der Waals surface area contributed by atoms with Gasteiger partial charge in [-0.05, 0) is 25.7 Å². The second-order valence-corrected chi connectivity index (χ2v) is 4.62. The number of rotatable bonds is 4. The molecule has 0 aromatic carbocycles. The first kappa shape index (κ1) is 12.8. The van der Waals surface area contributed by atoms with Gasteiger partial charge in [-0.3, -0.25) is 4.79 Å². The Hall–Kier alpha value is -1.65. The minimum atomic E-state index is -0.00156. The lowest BCUT2D eigenvalue weighted by molar-refractivity contribution is -0.118. The Bertz CT molecular complexity index is 419. The molecule has 1 amide bonds. The molecule has 1 aromatic heterocycles. The molecule has 2 N–H and O–H groups in total. The normalized spacial score (nSPS) is 14.5. The van der Waals surface area contributed by atoms with Gasteiger partial charge in [0.1, 0.15) is 12.1 Å². The summed E-state index contributed by atoms with van der Waals surface area (Å²) in [5.41, 5.74) is 2.45. The van der Waals surface area contributed by atoms with Gasteiger partial charge in [-0.2, -0.15) is 0 Å². The van der Waals surface area contributed by atoms with E-state index in [1.54, 1.807) is 6.33 Å². The van der Waals surface area contributed by atoms with Crippen molar-refractivity contribution < 1.29 is 4.79 Å². The van der Waals surface area contributed by atoms with Crippen molar-refractivity contribution in [3.05, 3.63) is 17.6 Å². The Morgan fingerprint density at radius 3 is 2.89 bits per heavy atom. The first-order valence-corrected chi connectivity index (χ1v) is 6.58. The summed E-state index contributed by atoms with van der Waals surface area (Å²) >= 11 is 0. The summed E-state index contributed by atoms with van der Waals surface area (Å²) < 4.78 is 0. The molecule has 1 aromatic rings. The lowest BCUT2D eigenvalue weighted by atomic mass is 10.1. The van der Waals surface area contributed by atoms with Crippen molar-refractivity contribution in [3.63, 3.8) is 0 Å². The van der Waals surface area contributed by atoms with Gasteiger partial charge in [0, 0.05) is 31.3 Å². The van der Waals surface area contributed by atoms with Gasteiger partial charge in [0.2, 0.25) is 5.91 Å². The van der Waals surface area contributed by atoms with E-state index in [4.69, 9.17) is 0 Å². The molecule has 0 unspecified atom stereocenters. The van der Waals surface area contributed by atoms with E-state index in [1.165, 1.54) is 37.4 Å². The fraction of sp³-hybridized carbons (Fsp3) is 0.615. The number of fused-ring (bicyclic) bond motifs is 1. The molecule has 1 heterocycles. The molecule has 0 saturated heterocycles. The highest BCUT2D eigenvalue weighted by Crippen LogP contribution is 2.23. The van der Waals surface area contributed by atoms with Crippen LogP contribution in [0, 0.1) is 0 Å². The van der Waals surface area contributed by atoms with Crippen molar-refractivity contribution >= 4 is 11.7 Å². The van der Waals surface area contributed by atoms with Crippen LogP contribution >= 0.6 is 0 Å². The number of carbonyl (C=O) groups is 1. The third-order valence-electron chi connectivity index (χ3n) is 3.17. The number of amides is 1. The van der Waals surface area contributed by atoms with E-state index >= 15 is 0 Å². The van der Waals surface area contributed by atoms with E-state index in [1.807, 2.05) is 0 Å². The van der Waals surface area contributed by atoms with Crippen LogP contribution < -0.4 is 10.6 Å². The number of nitrogens with zero attached hydrogens (tertiary/aromatic N) is 2. The quantitative estimate of drug-likeness (QED) is 0.622. The van der Waals surface area contributed by atoms with Gasteiger partial charge in [0.15, 0.2) is 0 Å². The lowest BCUT2D eigenvalue weighted by Gasteiger charge is -2.12. The molecule has 1 aliphatic rings. The Labute approximate surface area is 107 Å². The number of hydrogen-bond acceptors (Lipinski definition) is 4. The molecule has 0 saturated carbocycles. The van der Waals surface area contributed by atoms with Gasteiger partial charge in [-0.15, -0.1) is 0 Å². The molecule has 18 heavy (non-hydrogen) atoms. The van der Waals surface area contributed by atoms with Crippen LogP contribution in [0.1, 0.15) is 37.4 Å². The number of aryl methyl sites for hydroxylation is 1. The zero-order valence-corrected chi connectivity index (χ0v) is 10.8. The van der Waals surface area contributed by atoms with Crippen LogP contribution in [0.2, 0.25) is 0 Å². The molecule has 0 bridgehead atoms. The van der Waals surface area contributed by atoms with Crippen molar-refractivity contribution in [3.8, 4) is 0 Å². The summed E-state index contributed by atoms with van der Waals surface area (Å²) in [5.74, 6) is 0.936. The van der Waals surface area contributed by atoms with Crippen LogP contribution in [0.15, 0.2) is 6.33 Å². The molecule has 0 radical (unpaired) electrons. The van der Waals surface area contributed by atoms with Crippen molar-refractivity contribution in [1.82, 2.24) is 15.3 Å². The van der Waals surface area contributed by atoms with Crippen LogP contribution in [0.4, 0.5) is 5.82 Å². The monoisotopic (exact) mass is 248 g/mol. The molecular weight excluding hydrogens is 228 g/mol. The third-order valence-corrected chi connectivity index (χ3v) is 3.17. The molecule has 98 valence electrons. The minimum Gasteiger partial charge on any atom is -0.368 e. The van der Waals surface area contributed by atoms with Crippen molar-refractivity contribution in [2.75, 3.05) is 18.4 Å². The molecule has 0 fully saturated rings. The van der Waals surface area contributed by atoms with E-state index in [0.717, 1.165) is 18.7 Å². The highest BCUT2D eigenvalue weighted by Gasteiger charge is 2.13. The highest BCUT2D eigenvalue weighted by molar-refractivity contribution is 5.72. The molecule has 2 rings (SSSR count). The van der Waals surface area contributed by atoms with Crippen LogP contribution in [-0.2, 0) is 17.6 Å². The SMILES string of the molecule is CC(=O)NCCNc1ncnc2c1CCCCC2. The van der Waals surface area contributed by atoms with Crippen LogP contribution in [-0.4, -0.2) is 29.0 Å². The van der Waals surface area contributed by atoms with Gasteiger partial charge in [0.25, 0.3) is 0 Å². The van der Waals surface area contributed by atoms with Gasteiger partial charge in [-0.25, -0.2) is 9.97 Å². The van der Waals surface area contributed by atoms with Crippen LogP contribution in [0.5, 0.6) is 0 Å². The van der Waals surface area contributed by atoms with E-state index in [2.05, 4.69) is 20.6 Å². The number of carbonyl (C=O) groups excluding carboxylic acids is 1. The first-order valence-electron chi connectivity index (χ1n) is 6.58. The molecule has 1 aliphatic carbocycles. The van der Waals surface area contributed by atoms with Gasteiger partial charge in [0.05, 0.1) is 0 Å². The summed E-state index contributed by atoms with van der Waals surface area (Å²) in [6.45, 7) is 2.84. The predicted molar refractivity (Wildman–Crippen MR) is 70.5 cm³/mol. The average molecular weight is 248 g/mol. The molecule has 5 heteroatoms. The molecule has 5 nitrogen and oxygen atoms in total. The zero-order chi connectivity index (χ0) is 12.8. The van der Waals surface area contributed by atoms with Gasteiger partial charge < -0.3 is 10.6 Å². The topological polar surface area (TPSA) is 66.9 Å².